The lowest BCUT2D eigenvalue weighted by molar-refractivity contribution is -0.124. The molecule has 1 atom stereocenters. The molecule has 1 aliphatic rings. The van der Waals surface area contributed by atoms with E-state index in [-0.39, 0.29) is 11.5 Å². The minimum Gasteiger partial charge on any atom is -0.353 e. The lowest BCUT2D eigenvalue weighted by Gasteiger charge is -2.24. The number of nitrogens with zero attached hydrogens (tertiary/aromatic N) is 3. The molecule has 0 spiro atoms. The third kappa shape index (κ3) is 5.07. The Hall–Kier alpha value is -2.26. The molecule has 1 fully saturated rings. The Balaban J connectivity index is 1.58. The number of nitrogens with one attached hydrogen (secondary N) is 1. The molecule has 1 N–H and O–H groups in total. The van der Waals surface area contributed by atoms with Crippen LogP contribution < -0.4 is 10.9 Å². The fraction of sp³-hybridized carbons (Fsp3) is 0.429. The van der Waals surface area contributed by atoms with Gasteiger partial charge in [-0.3, -0.25) is 14.4 Å². The normalized spacial score (nSPS) is 16.0. The van der Waals surface area contributed by atoms with Crippen molar-refractivity contribution < 1.29 is 9.59 Å². The molecule has 160 valence electrons. The van der Waals surface area contributed by atoms with E-state index >= 15 is 0 Å². The number of carbonyl (C=O) groups excluding carboxylic acids is 2. The topological polar surface area (TPSA) is 84.3 Å². The van der Waals surface area contributed by atoms with Gasteiger partial charge >= 0.3 is 0 Å². The Morgan fingerprint density at radius 2 is 2.00 bits per heavy atom. The molecule has 7 nitrogen and oxygen atoms in total. The van der Waals surface area contributed by atoms with E-state index in [1.165, 1.54) is 34.0 Å². The zero-order chi connectivity index (χ0) is 21.7. The van der Waals surface area contributed by atoms with Crippen molar-refractivity contribution in [1.82, 2.24) is 20.0 Å². The van der Waals surface area contributed by atoms with Gasteiger partial charge in [0, 0.05) is 30.9 Å². The summed E-state index contributed by atoms with van der Waals surface area (Å²) in [6.07, 6.45) is 0. The third-order valence-corrected chi connectivity index (χ3v) is 7.08. The first-order valence-corrected chi connectivity index (χ1v) is 12.0. The standard InChI is InChI=1S/C21H26N4O3S2/c1-14-15(2)23-24(3)20(27)18(14)21(28)25-13-30-12-17(25)19(26)22-9-10-29-11-16-7-5-4-6-8-16/h4-8,17H,9-13H2,1-3H3,(H,22,26). The first-order chi connectivity index (χ1) is 14.4. The van der Waals surface area contributed by atoms with Crippen molar-refractivity contribution in [2.24, 2.45) is 7.05 Å². The van der Waals surface area contributed by atoms with Crippen LogP contribution in [0.15, 0.2) is 35.1 Å². The minimum atomic E-state index is -0.570. The number of amides is 2. The summed E-state index contributed by atoms with van der Waals surface area (Å²) >= 11 is 3.27. The number of hydrogen-bond donors (Lipinski definition) is 1. The van der Waals surface area contributed by atoms with E-state index in [2.05, 4.69) is 22.5 Å². The largest absolute Gasteiger partial charge is 0.353 e. The van der Waals surface area contributed by atoms with E-state index in [1.54, 1.807) is 25.6 Å². The summed E-state index contributed by atoms with van der Waals surface area (Å²) in [5, 5.41) is 7.06. The molecule has 1 saturated heterocycles. The van der Waals surface area contributed by atoms with Gasteiger partial charge in [0.1, 0.15) is 11.6 Å². The van der Waals surface area contributed by atoms with E-state index in [0.29, 0.717) is 29.4 Å². The lowest BCUT2D eigenvalue weighted by Crippen LogP contribution is -2.49. The quantitative estimate of drug-likeness (QED) is 0.655. The van der Waals surface area contributed by atoms with E-state index in [0.717, 1.165) is 11.5 Å². The highest BCUT2D eigenvalue weighted by molar-refractivity contribution is 7.99. The van der Waals surface area contributed by atoms with Crippen LogP contribution in [0.4, 0.5) is 0 Å². The van der Waals surface area contributed by atoms with Gasteiger partial charge in [0.05, 0.1) is 11.6 Å². The zero-order valence-electron chi connectivity index (χ0n) is 17.4. The van der Waals surface area contributed by atoms with Crippen LogP contribution in [0, 0.1) is 13.8 Å². The SMILES string of the molecule is Cc1nn(C)c(=O)c(C(=O)N2CSCC2C(=O)NCCSCc2ccccc2)c1C. The molecular weight excluding hydrogens is 420 g/mol. The van der Waals surface area contributed by atoms with Crippen LogP contribution in [0.5, 0.6) is 0 Å². The average molecular weight is 447 g/mol. The van der Waals surface area contributed by atoms with Crippen LogP contribution in [-0.4, -0.2) is 56.5 Å². The molecule has 0 aliphatic carbocycles. The minimum absolute atomic E-state index is 0.101. The number of aryl methyl sites for hydroxylation is 2. The Labute approximate surface area is 184 Å². The zero-order valence-corrected chi connectivity index (χ0v) is 19.0. The lowest BCUT2D eigenvalue weighted by atomic mass is 10.1. The van der Waals surface area contributed by atoms with Gasteiger partial charge in [0.25, 0.3) is 11.5 Å². The molecule has 2 heterocycles. The van der Waals surface area contributed by atoms with Gasteiger partial charge in [-0.1, -0.05) is 30.3 Å². The number of rotatable bonds is 7. The molecule has 0 bridgehead atoms. The highest BCUT2D eigenvalue weighted by Gasteiger charge is 2.36. The summed E-state index contributed by atoms with van der Waals surface area (Å²) in [5.41, 5.74) is 2.11. The number of carbonyl (C=O) groups is 2. The maximum absolute atomic E-state index is 13.1. The van der Waals surface area contributed by atoms with E-state index in [1.807, 2.05) is 18.2 Å². The van der Waals surface area contributed by atoms with Crippen molar-refractivity contribution in [2.45, 2.75) is 25.6 Å². The van der Waals surface area contributed by atoms with Crippen LogP contribution in [0.1, 0.15) is 27.2 Å². The molecule has 0 radical (unpaired) electrons. The van der Waals surface area contributed by atoms with Gasteiger partial charge in [0.15, 0.2) is 0 Å². The van der Waals surface area contributed by atoms with E-state index < -0.39 is 17.5 Å². The fourth-order valence-electron chi connectivity index (χ4n) is 3.23. The Morgan fingerprint density at radius 1 is 1.27 bits per heavy atom. The molecule has 1 aromatic carbocycles. The van der Waals surface area contributed by atoms with Crippen LogP contribution in [-0.2, 0) is 17.6 Å². The molecule has 9 heteroatoms. The number of thioether (sulfide) groups is 2. The number of hydrogen-bond acceptors (Lipinski definition) is 6. The summed E-state index contributed by atoms with van der Waals surface area (Å²) in [6.45, 7) is 4.02. The summed E-state index contributed by atoms with van der Waals surface area (Å²) in [5.74, 6) is 2.03. The van der Waals surface area contributed by atoms with Gasteiger partial charge in [-0.25, -0.2) is 4.68 Å². The van der Waals surface area contributed by atoms with Crippen molar-refractivity contribution in [3.05, 3.63) is 63.1 Å². The molecule has 1 aliphatic heterocycles. The Kier molecular flexibility index (Phi) is 7.60. The van der Waals surface area contributed by atoms with Crippen LogP contribution in [0.3, 0.4) is 0 Å². The highest BCUT2D eigenvalue weighted by atomic mass is 32.2. The second-order valence-corrected chi connectivity index (χ2v) is 9.24. The fourth-order valence-corrected chi connectivity index (χ4v) is 5.21. The van der Waals surface area contributed by atoms with Gasteiger partial charge < -0.3 is 10.2 Å². The summed E-state index contributed by atoms with van der Waals surface area (Å²) in [4.78, 5) is 39.9. The molecule has 2 amide bonds. The highest BCUT2D eigenvalue weighted by Crippen LogP contribution is 2.24. The molecular formula is C21H26N4O3S2. The van der Waals surface area contributed by atoms with Crippen LogP contribution in [0.2, 0.25) is 0 Å². The van der Waals surface area contributed by atoms with Crippen LogP contribution >= 0.6 is 23.5 Å². The van der Waals surface area contributed by atoms with Crippen molar-refractivity contribution in [1.29, 1.82) is 0 Å². The van der Waals surface area contributed by atoms with Crippen molar-refractivity contribution >= 4 is 35.3 Å². The maximum atomic E-state index is 13.1. The summed E-state index contributed by atoms with van der Waals surface area (Å²) in [6, 6.07) is 9.61. The van der Waals surface area contributed by atoms with E-state index in [9.17, 15) is 14.4 Å². The van der Waals surface area contributed by atoms with Gasteiger partial charge in [-0.05, 0) is 25.0 Å². The molecule has 0 saturated carbocycles. The number of aromatic nitrogens is 2. The van der Waals surface area contributed by atoms with Crippen molar-refractivity contribution in [2.75, 3.05) is 23.9 Å². The second-order valence-electron chi connectivity index (χ2n) is 7.13. The van der Waals surface area contributed by atoms with E-state index in [4.69, 9.17) is 0 Å². The maximum Gasteiger partial charge on any atom is 0.279 e. The summed E-state index contributed by atoms with van der Waals surface area (Å²) < 4.78 is 1.18. The predicted molar refractivity (Wildman–Crippen MR) is 122 cm³/mol. The summed E-state index contributed by atoms with van der Waals surface area (Å²) in [7, 11) is 1.53. The average Bonchev–Trinajstić information content (AvgIpc) is 3.23. The first-order valence-electron chi connectivity index (χ1n) is 9.72. The van der Waals surface area contributed by atoms with Crippen LogP contribution in [0.25, 0.3) is 0 Å². The predicted octanol–water partition coefficient (Wildman–Crippen LogP) is 1.96. The Bertz CT molecular complexity index is 978. The molecule has 1 unspecified atom stereocenters. The Morgan fingerprint density at radius 3 is 2.73 bits per heavy atom. The molecule has 3 rings (SSSR count). The third-order valence-electron chi connectivity index (χ3n) is 5.04. The van der Waals surface area contributed by atoms with Gasteiger partial charge in [-0.2, -0.15) is 16.9 Å². The molecule has 1 aromatic heterocycles. The smallest absolute Gasteiger partial charge is 0.279 e. The monoisotopic (exact) mass is 446 g/mol. The van der Waals surface area contributed by atoms with Crippen molar-refractivity contribution in [3.8, 4) is 0 Å². The number of benzene rings is 1. The van der Waals surface area contributed by atoms with Gasteiger partial charge in [0.2, 0.25) is 5.91 Å². The second kappa shape index (κ2) is 10.2. The van der Waals surface area contributed by atoms with Crippen molar-refractivity contribution in [3.63, 3.8) is 0 Å². The molecule has 30 heavy (non-hydrogen) atoms. The first kappa shape index (κ1) is 22.4. The molecule has 2 aromatic rings. The van der Waals surface area contributed by atoms with Gasteiger partial charge in [-0.15, -0.1) is 11.8 Å².